The molecule has 2 aromatic rings. The summed E-state index contributed by atoms with van der Waals surface area (Å²) in [4.78, 5) is 24.4. The average Bonchev–Trinajstić information content (AvgIpc) is 3.08. The Kier molecular flexibility index (Phi) is 3.75. The van der Waals surface area contributed by atoms with Gasteiger partial charge in [-0.1, -0.05) is 0 Å². The van der Waals surface area contributed by atoms with Crippen LogP contribution >= 0.6 is 7.82 Å². The molecule has 0 spiro atoms. The summed E-state index contributed by atoms with van der Waals surface area (Å²) in [5.74, 6) is 0.658. The normalized spacial score (nSPS) is 36.0. The minimum Gasteiger partial charge on any atom is -0.385 e. The second-order valence-corrected chi connectivity index (χ2v) is 7.50. The van der Waals surface area contributed by atoms with Crippen molar-refractivity contribution in [1.82, 2.24) is 19.5 Å². The first-order chi connectivity index (χ1) is 11.4. The molecule has 0 bridgehead atoms. The van der Waals surface area contributed by atoms with Crippen LogP contribution in [0.5, 0.6) is 0 Å². The summed E-state index contributed by atoms with van der Waals surface area (Å²) in [7, 11) is 5.81. The first kappa shape index (κ1) is 16.1. The molecular weight excluding hydrogens is 336 g/mol. The molecule has 2 aliphatic rings. The minimum absolute atomic E-state index is 0.0452. The highest BCUT2D eigenvalue weighted by Gasteiger charge is 2.56. The van der Waals surface area contributed by atoms with Gasteiger partial charge >= 0.3 is 15.4 Å². The molecule has 2 radical (unpaired) electrons. The lowest BCUT2D eigenvalue weighted by Crippen LogP contribution is -2.40. The lowest BCUT2D eigenvalue weighted by molar-refractivity contribution is -0.0603. The van der Waals surface area contributed by atoms with Crippen LogP contribution in [0.2, 0.25) is 0 Å². The van der Waals surface area contributed by atoms with Gasteiger partial charge in [-0.15, -0.1) is 0 Å². The molecule has 24 heavy (non-hydrogen) atoms. The van der Waals surface area contributed by atoms with Crippen LogP contribution in [0, 0.1) is 0 Å². The van der Waals surface area contributed by atoms with Crippen LogP contribution in [0.4, 0.5) is 5.82 Å². The highest BCUT2D eigenvalue weighted by atomic mass is 31.2. The third kappa shape index (κ3) is 2.48. The molecule has 126 valence electrons. The molecule has 2 aliphatic heterocycles. The van der Waals surface area contributed by atoms with E-state index in [1.165, 1.54) is 12.7 Å². The van der Waals surface area contributed by atoms with Crippen LogP contribution in [-0.4, -0.2) is 76.1 Å². The quantitative estimate of drug-likeness (QED) is 0.540. The van der Waals surface area contributed by atoms with Crippen molar-refractivity contribution in [2.75, 3.05) is 25.6 Å². The third-order valence-corrected chi connectivity index (χ3v) is 5.11. The van der Waals surface area contributed by atoms with Crippen molar-refractivity contribution < 1.29 is 23.8 Å². The summed E-state index contributed by atoms with van der Waals surface area (Å²) < 4.78 is 17.8. The van der Waals surface area contributed by atoms with E-state index in [9.17, 15) is 10.00 Å². The van der Waals surface area contributed by atoms with Gasteiger partial charge in [0.15, 0.2) is 29.3 Å². The van der Waals surface area contributed by atoms with Gasteiger partial charge in [0, 0.05) is 14.1 Å². The van der Waals surface area contributed by atoms with Crippen molar-refractivity contribution in [3.05, 3.63) is 12.7 Å². The fraction of sp³-hybridized carbons (Fsp3) is 0.583. The van der Waals surface area contributed by atoms with E-state index in [4.69, 9.17) is 21.4 Å². The lowest BCUT2D eigenvalue weighted by atomic mass is 10.1. The van der Waals surface area contributed by atoms with Crippen LogP contribution in [0.15, 0.2) is 12.7 Å². The van der Waals surface area contributed by atoms with Gasteiger partial charge in [0.2, 0.25) is 0 Å². The van der Waals surface area contributed by atoms with Gasteiger partial charge in [0.05, 0.1) is 6.33 Å². The maximum absolute atomic E-state index is 10.6. The van der Waals surface area contributed by atoms with Gasteiger partial charge in [0.1, 0.15) is 25.1 Å². The van der Waals surface area contributed by atoms with E-state index in [-0.39, 0.29) is 6.61 Å². The first-order valence-electron chi connectivity index (χ1n) is 7.29. The zero-order valence-corrected chi connectivity index (χ0v) is 13.9. The summed E-state index contributed by atoms with van der Waals surface area (Å²) in [5, 5.41) is 10.6. The number of ether oxygens (including phenoxy) is 1. The number of imidazole rings is 1. The molecule has 2 saturated heterocycles. The van der Waals surface area contributed by atoms with Crippen LogP contribution < -0.4 is 4.90 Å². The van der Waals surface area contributed by atoms with E-state index < -0.39 is 32.4 Å². The molecule has 4 heterocycles. The molecule has 12 heteroatoms. The number of aliphatic hydroxyl groups is 1. The Labute approximate surface area is 139 Å². The zero-order valence-electron chi connectivity index (χ0n) is 13.1. The molecule has 0 aromatic carbocycles. The van der Waals surface area contributed by atoms with Gasteiger partial charge in [-0.05, 0) is 0 Å². The van der Waals surface area contributed by atoms with Gasteiger partial charge in [-0.25, -0.2) is 19.8 Å². The number of hydrogen-bond donors (Lipinski definition) is 2. The summed E-state index contributed by atoms with van der Waals surface area (Å²) in [6.07, 6.45) is -0.196. The average molecular weight is 352 g/mol. The largest absolute Gasteiger partial charge is 0.488 e. The lowest BCUT2D eigenvalue weighted by Gasteiger charge is -2.27. The third-order valence-electron chi connectivity index (χ3n) is 4.04. The van der Waals surface area contributed by atoms with E-state index in [1.54, 1.807) is 4.57 Å². The molecule has 2 aromatic heterocycles. The predicted molar refractivity (Wildman–Crippen MR) is 85.3 cm³/mol. The van der Waals surface area contributed by atoms with Gasteiger partial charge in [0.25, 0.3) is 0 Å². The van der Waals surface area contributed by atoms with Crippen molar-refractivity contribution in [2.45, 2.75) is 24.5 Å². The Morgan fingerprint density at radius 1 is 1.38 bits per heavy atom. The van der Waals surface area contributed by atoms with E-state index in [0.29, 0.717) is 17.0 Å². The summed E-state index contributed by atoms with van der Waals surface area (Å²) in [6, 6.07) is 0. The number of aromatic nitrogens is 4. The maximum Gasteiger partial charge on any atom is 0.488 e. The zero-order chi connectivity index (χ0) is 17.1. The van der Waals surface area contributed by atoms with Crippen molar-refractivity contribution in [3.63, 3.8) is 0 Å². The molecule has 5 atom stereocenters. The molecule has 2 N–H and O–H groups in total. The van der Waals surface area contributed by atoms with Crippen molar-refractivity contribution in [1.29, 1.82) is 0 Å². The number of nitrogens with zero attached hydrogens (tertiary/aromatic N) is 5. The fourth-order valence-corrected chi connectivity index (χ4v) is 3.98. The number of aliphatic hydroxyl groups excluding tert-OH is 1. The molecule has 2 fully saturated rings. The van der Waals surface area contributed by atoms with E-state index in [2.05, 4.69) is 15.0 Å². The monoisotopic (exact) mass is 352 g/mol. The number of anilines is 1. The topological polar surface area (TPSA) is 115 Å². The smallest absolute Gasteiger partial charge is 0.385 e. The van der Waals surface area contributed by atoms with E-state index in [0.717, 1.165) is 0 Å². The van der Waals surface area contributed by atoms with Crippen molar-refractivity contribution in [2.24, 2.45) is 0 Å². The minimum atomic E-state index is -3.41. The Bertz CT molecular complexity index is 773. The first-order valence-corrected chi connectivity index (χ1v) is 8.94. The molecule has 0 aliphatic carbocycles. The summed E-state index contributed by atoms with van der Waals surface area (Å²) in [5.41, 5.74) is 1.11. The predicted octanol–water partition coefficient (Wildman–Crippen LogP) is -0.596. The second kappa shape index (κ2) is 5.58. The van der Waals surface area contributed by atoms with Crippen LogP contribution in [0.3, 0.4) is 0 Å². The van der Waals surface area contributed by atoms with Gasteiger partial charge < -0.3 is 14.7 Å². The Morgan fingerprint density at radius 2 is 2.17 bits per heavy atom. The van der Waals surface area contributed by atoms with Crippen LogP contribution in [0.1, 0.15) is 6.23 Å². The molecule has 0 saturated carbocycles. The number of rotatable bonds is 2. The molecule has 0 amide bonds. The fourth-order valence-electron chi connectivity index (χ4n) is 2.95. The second-order valence-electron chi connectivity index (χ2n) is 5.90. The van der Waals surface area contributed by atoms with Crippen molar-refractivity contribution in [3.8, 4) is 0 Å². The Morgan fingerprint density at radius 3 is 2.92 bits per heavy atom. The van der Waals surface area contributed by atoms with E-state index in [1.807, 2.05) is 19.0 Å². The maximum atomic E-state index is 10.6. The molecule has 4 rings (SSSR count). The van der Waals surface area contributed by atoms with Crippen LogP contribution in [0.25, 0.3) is 11.2 Å². The van der Waals surface area contributed by atoms with Crippen LogP contribution in [-0.2, 0) is 13.8 Å². The van der Waals surface area contributed by atoms with Crippen molar-refractivity contribution >= 4 is 32.4 Å². The molecule has 10 nitrogen and oxygen atoms in total. The standard InChI is InChI=1S/C12H16BN5O5P/c1-17(2)10-7-11(15-4-14-10)18(5-16-7)12-8(19)9-6(22-12)3-21-24(13,20)23-9/h4-6,8-9,12,19-20H,3H2,1-2H3/q+1/t6-,8+,9+,12-,24?/m1/s1. The number of hydrogen-bond acceptors (Lipinski definition) is 9. The summed E-state index contributed by atoms with van der Waals surface area (Å²) in [6.45, 7) is 0.0452. The Balaban J connectivity index is 1.70. The highest BCUT2D eigenvalue weighted by molar-refractivity contribution is 7.85. The SMILES string of the molecule is [B][P+]1(O)OC[C@H]2O[C@@H](n3cnc4c(N(C)C)ncnc43)[C@@H](O)[C@H]2O1. The van der Waals surface area contributed by atoms with E-state index >= 15 is 0 Å². The van der Waals surface area contributed by atoms with Gasteiger partial charge in [-0.2, -0.15) is 9.05 Å². The Hall–Kier alpha value is -1.36. The summed E-state index contributed by atoms with van der Waals surface area (Å²) >= 11 is 0. The highest BCUT2D eigenvalue weighted by Crippen LogP contribution is 2.58. The number of fused-ring (bicyclic) bond motifs is 2. The molecular formula is C12H16BN5O5P+. The van der Waals surface area contributed by atoms with Gasteiger partial charge in [-0.3, -0.25) is 4.57 Å². The molecule has 1 unspecified atom stereocenters.